The minimum atomic E-state index is -0.144. The van der Waals surface area contributed by atoms with Gasteiger partial charge < -0.3 is 15.0 Å². The second-order valence-corrected chi connectivity index (χ2v) is 5.65. The van der Waals surface area contributed by atoms with Gasteiger partial charge in [0.15, 0.2) is 5.69 Å². The van der Waals surface area contributed by atoms with Crippen LogP contribution < -0.4 is 5.32 Å². The normalized spacial score (nSPS) is 14.5. The summed E-state index contributed by atoms with van der Waals surface area (Å²) in [5.74, 6) is 0.222. The van der Waals surface area contributed by atoms with Gasteiger partial charge in [-0.1, -0.05) is 30.3 Å². The monoisotopic (exact) mass is 328 g/mol. The first-order valence-electron chi connectivity index (χ1n) is 7.88. The molecule has 1 saturated heterocycles. The maximum atomic E-state index is 12.4. The summed E-state index contributed by atoms with van der Waals surface area (Å²) in [5, 5.41) is 7.02. The summed E-state index contributed by atoms with van der Waals surface area (Å²) in [6.45, 7) is 2.20. The summed E-state index contributed by atoms with van der Waals surface area (Å²) in [4.78, 5) is 26.3. The average Bonchev–Trinajstić information content (AvgIpc) is 2.96. The maximum Gasteiger partial charge on any atom is 0.274 e. The predicted molar refractivity (Wildman–Crippen MR) is 88.7 cm³/mol. The number of benzene rings is 1. The first-order valence-corrected chi connectivity index (χ1v) is 7.88. The van der Waals surface area contributed by atoms with Crippen LogP contribution in [-0.4, -0.2) is 52.8 Å². The van der Waals surface area contributed by atoms with E-state index >= 15 is 0 Å². The number of hydrogen-bond donors (Lipinski definition) is 1. The predicted octanol–water partition coefficient (Wildman–Crippen LogP) is 1.07. The van der Waals surface area contributed by atoms with Gasteiger partial charge in [-0.25, -0.2) is 0 Å². The van der Waals surface area contributed by atoms with Gasteiger partial charge in [0.25, 0.3) is 5.91 Å². The van der Waals surface area contributed by atoms with Crippen molar-refractivity contribution in [1.29, 1.82) is 0 Å². The van der Waals surface area contributed by atoms with Crippen molar-refractivity contribution < 1.29 is 14.3 Å². The van der Waals surface area contributed by atoms with Crippen molar-refractivity contribution in [2.24, 2.45) is 7.05 Å². The Morgan fingerprint density at radius 2 is 1.92 bits per heavy atom. The van der Waals surface area contributed by atoms with E-state index in [1.54, 1.807) is 18.0 Å². The van der Waals surface area contributed by atoms with Crippen LogP contribution in [0.3, 0.4) is 0 Å². The van der Waals surface area contributed by atoms with Crippen LogP contribution in [0.1, 0.15) is 16.1 Å². The van der Waals surface area contributed by atoms with Gasteiger partial charge in [0.1, 0.15) is 5.82 Å². The molecule has 0 saturated carbocycles. The van der Waals surface area contributed by atoms with E-state index < -0.39 is 0 Å². The molecule has 7 heteroatoms. The van der Waals surface area contributed by atoms with E-state index in [-0.39, 0.29) is 18.2 Å². The molecule has 1 aromatic carbocycles. The molecule has 126 valence electrons. The van der Waals surface area contributed by atoms with E-state index in [9.17, 15) is 9.59 Å². The highest BCUT2D eigenvalue weighted by atomic mass is 16.5. The van der Waals surface area contributed by atoms with Gasteiger partial charge in [-0.2, -0.15) is 5.10 Å². The van der Waals surface area contributed by atoms with Crippen LogP contribution in [0, 0.1) is 0 Å². The number of nitrogens with one attached hydrogen (secondary N) is 1. The molecule has 1 aliphatic rings. The number of ether oxygens (including phenoxy) is 1. The Morgan fingerprint density at radius 1 is 1.21 bits per heavy atom. The molecule has 1 fully saturated rings. The SMILES string of the molecule is Cn1nc(C(=O)N2CCOCC2)cc1NC(=O)Cc1ccccc1. The lowest BCUT2D eigenvalue weighted by Crippen LogP contribution is -2.40. The minimum absolute atomic E-state index is 0.141. The van der Waals surface area contributed by atoms with Gasteiger partial charge in [0, 0.05) is 26.2 Å². The summed E-state index contributed by atoms with van der Waals surface area (Å²) in [6.07, 6.45) is 0.277. The molecule has 0 spiro atoms. The van der Waals surface area contributed by atoms with Crippen LogP contribution in [0.4, 0.5) is 5.82 Å². The highest BCUT2D eigenvalue weighted by Gasteiger charge is 2.22. The van der Waals surface area contributed by atoms with Gasteiger partial charge in [0.2, 0.25) is 5.91 Å². The van der Waals surface area contributed by atoms with E-state index in [0.717, 1.165) is 5.56 Å². The number of morpholine rings is 1. The molecule has 1 aliphatic heterocycles. The fraction of sp³-hybridized carbons (Fsp3) is 0.353. The van der Waals surface area contributed by atoms with E-state index in [2.05, 4.69) is 10.4 Å². The van der Waals surface area contributed by atoms with Gasteiger partial charge in [0.05, 0.1) is 19.6 Å². The van der Waals surface area contributed by atoms with Crippen molar-refractivity contribution in [1.82, 2.24) is 14.7 Å². The Kier molecular flexibility index (Phi) is 4.90. The third-order valence-electron chi connectivity index (χ3n) is 3.87. The highest BCUT2D eigenvalue weighted by Crippen LogP contribution is 2.13. The molecule has 0 radical (unpaired) electrons. The minimum Gasteiger partial charge on any atom is -0.378 e. The lowest BCUT2D eigenvalue weighted by atomic mass is 10.1. The largest absolute Gasteiger partial charge is 0.378 e. The molecular weight excluding hydrogens is 308 g/mol. The second kappa shape index (κ2) is 7.27. The van der Waals surface area contributed by atoms with Crippen LogP contribution in [0.25, 0.3) is 0 Å². The number of aryl methyl sites for hydroxylation is 1. The van der Waals surface area contributed by atoms with Crippen molar-refractivity contribution >= 4 is 17.6 Å². The third kappa shape index (κ3) is 3.80. The molecule has 2 aromatic rings. The molecule has 3 rings (SSSR count). The van der Waals surface area contributed by atoms with Crippen molar-refractivity contribution in [3.63, 3.8) is 0 Å². The van der Waals surface area contributed by atoms with E-state index in [4.69, 9.17) is 4.74 Å². The summed E-state index contributed by atoms with van der Waals surface area (Å²) < 4.78 is 6.76. The molecule has 0 aliphatic carbocycles. The standard InChI is InChI=1S/C17H20N4O3/c1-20-15(18-16(22)11-13-5-3-2-4-6-13)12-14(19-20)17(23)21-7-9-24-10-8-21/h2-6,12H,7-11H2,1H3,(H,18,22). The van der Waals surface area contributed by atoms with Gasteiger partial charge in [-0.05, 0) is 5.56 Å². The van der Waals surface area contributed by atoms with Gasteiger partial charge in [-0.3, -0.25) is 14.3 Å². The van der Waals surface area contributed by atoms with Crippen molar-refractivity contribution in [2.45, 2.75) is 6.42 Å². The molecule has 0 unspecified atom stereocenters. The molecule has 2 amide bonds. The van der Waals surface area contributed by atoms with Gasteiger partial charge in [-0.15, -0.1) is 0 Å². The Morgan fingerprint density at radius 3 is 2.62 bits per heavy atom. The highest BCUT2D eigenvalue weighted by molar-refractivity contribution is 5.96. The molecule has 2 heterocycles. The van der Waals surface area contributed by atoms with E-state index in [1.807, 2.05) is 30.3 Å². The zero-order valence-electron chi connectivity index (χ0n) is 13.6. The van der Waals surface area contributed by atoms with Crippen LogP contribution >= 0.6 is 0 Å². The second-order valence-electron chi connectivity index (χ2n) is 5.65. The van der Waals surface area contributed by atoms with Crippen molar-refractivity contribution in [3.05, 3.63) is 47.7 Å². The van der Waals surface area contributed by atoms with Gasteiger partial charge >= 0.3 is 0 Å². The van der Waals surface area contributed by atoms with Crippen molar-refractivity contribution in [2.75, 3.05) is 31.6 Å². The lowest BCUT2D eigenvalue weighted by Gasteiger charge is -2.25. The topological polar surface area (TPSA) is 76.5 Å². The van der Waals surface area contributed by atoms with Crippen LogP contribution in [0.15, 0.2) is 36.4 Å². The first kappa shape index (κ1) is 16.2. The zero-order valence-corrected chi connectivity index (χ0v) is 13.6. The Bertz CT molecular complexity index is 721. The summed E-state index contributed by atoms with van der Waals surface area (Å²) in [7, 11) is 1.70. The summed E-state index contributed by atoms with van der Waals surface area (Å²) in [6, 6.07) is 11.1. The molecule has 0 atom stereocenters. The quantitative estimate of drug-likeness (QED) is 0.911. The summed E-state index contributed by atoms with van der Waals surface area (Å²) >= 11 is 0. The number of carbonyl (C=O) groups is 2. The number of anilines is 1. The molecule has 1 N–H and O–H groups in total. The van der Waals surface area contributed by atoms with Crippen LogP contribution in [0.2, 0.25) is 0 Å². The Balaban J connectivity index is 1.65. The number of hydrogen-bond acceptors (Lipinski definition) is 4. The molecular formula is C17H20N4O3. The average molecular weight is 328 g/mol. The molecule has 1 aromatic heterocycles. The number of rotatable bonds is 4. The van der Waals surface area contributed by atoms with Crippen molar-refractivity contribution in [3.8, 4) is 0 Å². The molecule has 24 heavy (non-hydrogen) atoms. The fourth-order valence-electron chi connectivity index (χ4n) is 2.59. The first-order chi connectivity index (χ1) is 11.6. The van der Waals surface area contributed by atoms with Crippen LogP contribution in [-0.2, 0) is 23.0 Å². The van der Waals surface area contributed by atoms with Crippen LogP contribution in [0.5, 0.6) is 0 Å². The zero-order chi connectivity index (χ0) is 16.9. The van der Waals surface area contributed by atoms with E-state index in [0.29, 0.717) is 37.8 Å². The smallest absolute Gasteiger partial charge is 0.274 e. The maximum absolute atomic E-state index is 12.4. The number of nitrogens with zero attached hydrogens (tertiary/aromatic N) is 3. The summed E-state index contributed by atoms with van der Waals surface area (Å²) in [5.41, 5.74) is 1.26. The number of amides is 2. The fourth-order valence-corrected chi connectivity index (χ4v) is 2.59. The number of carbonyl (C=O) groups excluding carboxylic acids is 2. The molecule has 0 bridgehead atoms. The third-order valence-corrected chi connectivity index (χ3v) is 3.87. The number of aromatic nitrogens is 2. The lowest BCUT2D eigenvalue weighted by molar-refractivity contribution is -0.115. The Labute approximate surface area is 140 Å². The molecule has 7 nitrogen and oxygen atoms in total. The van der Waals surface area contributed by atoms with E-state index in [1.165, 1.54) is 4.68 Å². The Hall–Kier alpha value is -2.67.